The summed E-state index contributed by atoms with van der Waals surface area (Å²) in [7, 11) is 1.28. The van der Waals surface area contributed by atoms with Gasteiger partial charge in [-0.15, -0.1) is 0 Å². The first kappa shape index (κ1) is 22.0. The molecule has 3 heterocycles. The summed E-state index contributed by atoms with van der Waals surface area (Å²) >= 11 is 0. The van der Waals surface area contributed by atoms with Gasteiger partial charge in [0.1, 0.15) is 18.0 Å². The fraction of sp³-hybridized carbons (Fsp3) is 0.227. The maximum atomic E-state index is 13.3. The number of rotatable bonds is 4. The second-order valence-electron chi connectivity index (χ2n) is 7.21. The van der Waals surface area contributed by atoms with Gasteiger partial charge in [0.2, 0.25) is 0 Å². The number of nitrogens with one attached hydrogen (secondary N) is 1. The molecule has 0 fully saturated rings. The zero-order valence-electron chi connectivity index (χ0n) is 17.3. The molecule has 0 radical (unpaired) electrons. The first-order chi connectivity index (χ1) is 15.8. The highest BCUT2D eigenvalue weighted by Gasteiger charge is 2.34. The molecule has 3 aromatic rings. The summed E-state index contributed by atoms with van der Waals surface area (Å²) in [5.41, 5.74) is 0.798. The molecule has 8 nitrogen and oxygen atoms in total. The van der Waals surface area contributed by atoms with Crippen LogP contribution in [0.25, 0.3) is 0 Å². The van der Waals surface area contributed by atoms with E-state index < -0.39 is 23.3 Å². The van der Waals surface area contributed by atoms with E-state index in [1.54, 1.807) is 23.1 Å². The van der Waals surface area contributed by atoms with E-state index in [1.165, 1.54) is 31.8 Å². The molecular formula is C22H17F3N6O2. The van der Waals surface area contributed by atoms with E-state index >= 15 is 0 Å². The molecule has 33 heavy (non-hydrogen) atoms. The quantitative estimate of drug-likeness (QED) is 0.593. The van der Waals surface area contributed by atoms with Gasteiger partial charge in [0.05, 0.1) is 42.1 Å². The minimum absolute atomic E-state index is 0.282. The summed E-state index contributed by atoms with van der Waals surface area (Å²) in [5, 5.41) is 12.1. The van der Waals surface area contributed by atoms with Gasteiger partial charge in [0.25, 0.3) is 0 Å². The minimum Gasteiger partial charge on any atom is -0.465 e. The SMILES string of the molecule is COC(=O)c1ccc(Nc2ncnc3c2CCN(c2ccc(C#N)c(C(F)(F)F)c2)C3)nc1. The summed E-state index contributed by atoms with van der Waals surface area (Å²) in [5.74, 6) is 0.506. The van der Waals surface area contributed by atoms with Crippen molar-refractivity contribution in [3.63, 3.8) is 0 Å². The summed E-state index contributed by atoms with van der Waals surface area (Å²) in [4.78, 5) is 26.1. The predicted molar refractivity (Wildman–Crippen MR) is 112 cm³/mol. The Morgan fingerprint density at radius 2 is 2.03 bits per heavy atom. The van der Waals surface area contributed by atoms with E-state index in [1.807, 2.05) is 0 Å². The number of fused-ring (bicyclic) bond motifs is 1. The molecule has 0 spiro atoms. The van der Waals surface area contributed by atoms with Gasteiger partial charge in [0.15, 0.2) is 0 Å². The highest BCUT2D eigenvalue weighted by molar-refractivity contribution is 5.89. The van der Waals surface area contributed by atoms with E-state index in [9.17, 15) is 18.0 Å². The Hall–Kier alpha value is -4.20. The van der Waals surface area contributed by atoms with Crippen LogP contribution in [0.2, 0.25) is 0 Å². The smallest absolute Gasteiger partial charge is 0.417 e. The average molecular weight is 454 g/mol. The average Bonchev–Trinajstić information content (AvgIpc) is 2.83. The number of methoxy groups -OCH3 is 1. The molecule has 0 atom stereocenters. The predicted octanol–water partition coefficient (Wildman–Crippen LogP) is 3.85. The fourth-order valence-electron chi connectivity index (χ4n) is 3.57. The largest absolute Gasteiger partial charge is 0.465 e. The van der Waals surface area contributed by atoms with E-state index in [0.29, 0.717) is 41.5 Å². The lowest BCUT2D eigenvalue weighted by molar-refractivity contribution is -0.137. The van der Waals surface area contributed by atoms with Crippen molar-refractivity contribution in [2.45, 2.75) is 19.1 Å². The van der Waals surface area contributed by atoms with Crippen LogP contribution < -0.4 is 10.2 Å². The van der Waals surface area contributed by atoms with Crippen LogP contribution in [-0.2, 0) is 23.9 Å². The van der Waals surface area contributed by atoms with E-state index in [0.717, 1.165) is 11.6 Å². The topological polar surface area (TPSA) is 104 Å². The molecule has 0 saturated heterocycles. The number of ether oxygens (including phenoxy) is 1. The van der Waals surface area contributed by atoms with Crippen molar-refractivity contribution < 1.29 is 22.7 Å². The molecule has 0 unspecified atom stereocenters. The number of hydrogen-bond acceptors (Lipinski definition) is 8. The number of esters is 1. The number of nitriles is 1. The van der Waals surface area contributed by atoms with Crippen molar-refractivity contribution in [2.75, 3.05) is 23.9 Å². The van der Waals surface area contributed by atoms with Crippen LogP contribution in [0.4, 0.5) is 30.5 Å². The maximum Gasteiger partial charge on any atom is 0.417 e. The highest BCUT2D eigenvalue weighted by atomic mass is 19.4. The number of anilines is 3. The lowest BCUT2D eigenvalue weighted by Gasteiger charge is -2.31. The lowest BCUT2D eigenvalue weighted by atomic mass is 10.0. The monoisotopic (exact) mass is 454 g/mol. The van der Waals surface area contributed by atoms with Crippen molar-refractivity contribution in [1.82, 2.24) is 15.0 Å². The molecule has 1 aromatic carbocycles. The molecule has 4 rings (SSSR count). The number of halogens is 3. The number of pyridine rings is 1. The van der Waals surface area contributed by atoms with Crippen molar-refractivity contribution in [2.24, 2.45) is 0 Å². The number of carbonyl (C=O) groups excluding carboxylic acids is 1. The first-order valence-corrected chi connectivity index (χ1v) is 9.80. The summed E-state index contributed by atoms with van der Waals surface area (Å²) in [6.45, 7) is 0.720. The second kappa shape index (κ2) is 8.74. The molecule has 1 aliphatic rings. The van der Waals surface area contributed by atoms with Crippen LogP contribution >= 0.6 is 0 Å². The second-order valence-corrected chi connectivity index (χ2v) is 7.21. The molecule has 168 valence electrons. The van der Waals surface area contributed by atoms with Gasteiger partial charge < -0.3 is 15.0 Å². The van der Waals surface area contributed by atoms with Gasteiger partial charge in [-0.25, -0.2) is 19.7 Å². The van der Waals surface area contributed by atoms with Gasteiger partial charge in [-0.3, -0.25) is 0 Å². The molecule has 1 aliphatic heterocycles. The zero-order chi connectivity index (χ0) is 23.6. The Bertz CT molecular complexity index is 1240. The normalized spacial score (nSPS) is 13.1. The van der Waals surface area contributed by atoms with Crippen molar-refractivity contribution in [1.29, 1.82) is 5.26 Å². The summed E-state index contributed by atoms with van der Waals surface area (Å²) in [6, 6.07) is 8.47. The Morgan fingerprint density at radius 3 is 2.70 bits per heavy atom. The summed E-state index contributed by atoms with van der Waals surface area (Å²) < 4.78 is 44.7. The standard InChI is InChI=1S/C22H17F3N6O2/c1-33-21(32)14-3-5-19(27-10-14)30-20-16-6-7-31(11-18(16)28-12-29-20)15-4-2-13(9-26)17(8-15)22(23,24)25/h2-5,8,10,12H,6-7,11H2,1H3,(H,27,28,29,30). The Kier molecular flexibility index (Phi) is 5.83. The van der Waals surface area contributed by atoms with Gasteiger partial charge in [-0.1, -0.05) is 0 Å². The number of nitrogens with zero attached hydrogens (tertiary/aromatic N) is 5. The third-order valence-electron chi connectivity index (χ3n) is 5.23. The Balaban J connectivity index is 1.56. The van der Waals surface area contributed by atoms with Crippen molar-refractivity contribution in [3.8, 4) is 6.07 Å². The molecule has 0 aliphatic carbocycles. The van der Waals surface area contributed by atoms with Crippen molar-refractivity contribution in [3.05, 3.63) is 70.8 Å². The fourth-order valence-corrected chi connectivity index (χ4v) is 3.57. The lowest BCUT2D eigenvalue weighted by Crippen LogP contribution is -2.32. The maximum absolute atomic E-state index is 13.3. The molecule has 11 heteroatoms. The van der Waals surface area contributed by atoms with E-state index in [-0.39, 0.29) is 6.54 Å². The number of carbonyl (C=O) groups is 1. The highest BCUT2D eigenvalue weighted by Crippen LogP contribution is 2.36. The molecule has 0 bridgehead atoms. The van der Waals surface area contributed by atoms with Gasteiger partial charge in [-0.05, 0) is 36.8 Å². The van der Waals surface area contributed by atoms with E-state index in [2.05, 4.69) is 25.0 Å². The van der Waals surface area contributed by atoms with Gasteiger partial charge in [0, 0.05) is 24.0 Å². The molecule has 1 N–H and O–H groups in total. The van der Waals surface area contributed by atoms with Crippen LogP contribution in [-0.4, -0.2) is 34.6 Å². The summed E-state index contributed by atoms with van der Waals surface area (Å²) in [6.07, 6.45) is -1.38. The zero-order valence-corrected chi connectivity index (χ0v) is 17.3. The van der Waals surface area contributed by atoms with Crippen LogP contribution in [0.5, 0.6) is 0 Å². The van der Waals surface area contributed by atoms with Gasteiger partial charge >= 0.3 is 12.1 Å². The third kappa shape index (κ3) is 4.55. The Morgan fingerprint density at radius 1 is 1.21 bits per heavy atom. The number of benzene rings is 1. The van der Waals surface area contributed by atoms with Gasteiger partial charge in [-0.2, -0.15) is 18.4 Å². The third-order valence-corrected chi connectivity index (χ3v) is 5.23. The van der Waals surface area contributed by atoms with Crippen LogP contribution in [0, 0.1) is 11.3 Å². The van der Waals surface area contributed by atoms with Crippen LogP contribution in [0.15, 0.2) is 42.9 Å². The molecule has 2 aromatic heterocycles. The molecule has 0 saturated carbocycles. The number of aromatic nitrogens is 3. The number of alkyl halides is 3. The van der Waals surface area contributed by atoms with Crippen molar-refractivity contribution >= 4 is 23.3 Å². The van der Waals surface area contributed by atoms with Crippen LogP contribution in [0.3, 0.4) is 0 Å². The molecular weight excluding hydrogens is 437 g/mol. The molecule has 0 amide bonds. The van der Waals surface area contributed by atoms with E-state index in [4.69, 9.17) is 5.26 Å². The number of hydrogen-bond donors (Lipinski definition) is 1. The minimum atomic E-state index is -4.62. The van der Waals surface area contributed by atoms with Crippen LogP contribution in [0.1, 0.15) is 32.7 Å². The Labute approximate surface area is 186 Å². The first-order valence-electron chi connectivity index (χ1n) is 9.80.